The quantitative estimate of drug-likeness (QED) is 0.595. The van der Waals surface area contributed by atoms with E-state index in [0.29, 0.717) is 17.9 Å². The molecule has 7 heteroatoms. The fraction of sp³-hybridized carbons (Fsp3) is 0.348. The molecule has 0 bridgehead atoms. The first-order valence-corrected chi connectivity index (χ1v) is 10.2. The van der Waals surface area contributed by atoms with E-state index in [1.165, 1.54) is 0 Å². The van der Waals surface area contributed by atoms with Crippen LogP contribution in [0.5, 0.6) is 0 Å². The highest BCUT2D eigenvalue weighted by Gasteiger charge is 2.26. The smallest absolute Gasteiger partial charge is 0.241 e. The molecule has 1 atom stereocenters. The molecule has 0 aliphatic carbocycles. The molecule has 3 N–H and O–H groups in total. The molecular formula is C23H30N4O3. The highest BCUT2D eigenvalue weighted by atomic mass is 16.2. The van der Waals surface area contributed by atoms with Gasteiger partial charge in [0.05, 0.1) is 12.6 Å². The first-order chi connectivity index (χ1) is 14.4. The van der Waals surface area contributed by atoms with Crippen LogP contribution in [0.25, 0.3) is 0 Å². The summed E-state index contributed by atoms with van der Waals surface area (Å²) in [6.07, 6.45) is 0.862. The lowest BCUT2D eigenvalue weighted by molar-refractivity contribution is -0.124. The van der Waals surface area contributed by atoms with Crippen LogP contribution in [0.15, 0.2) is 60.7 Å². The summed E-state index contributed by atoms with van der Waals surface area (Å²) in [6.45, 7) is 4.64. The van der Waals surface area contributed by atoms with Crippen molar-refractivity contribution in [1.29, 1.82) is 0 Å². The average molecular weight is 411 g/mol. The van der Waals surface area contributed by atoms with Gasteiger partial charge in [0.2, 0.25) is 17.7 Å². The van der Waals surface area contributed by atoms with Crippen LogP contribution in [-0.2, 0) is 14.4 Å². The van der Waals surface area contributed by atoms with Crippen molar-refractivity contribution in [1.82, 2.24) is 4.90 Å². The lowest BCUT2D eigenvalue weighted by Gasteiger charge is -2.30. The van der Waals surface area contributed by atoms with Gasteiger partial charge in [-0.05, 0) is 44.2 Å². The van der Waals surface area contributed by atoms with Crippen molar-refractivity contribution in [2.45, 2.75) is 32.7 Å². The molecule has 0 aromatic heterocycles. The van der Waals surface area contributed by atoms with E-state index < -0.39 is 11.9 Å². The third-order valence-corrected chi connectivity index (χ3v) is 4.77. The van der Waals surface area contributed by atoms with Crippen molar-refractivity contribution in [3.8, 4) is 0 Å². The van der Waals surface area contributed by atoms with E-state index in [1.807, 2.05) is 72.5 Å². The third-order valence-electron chi connectivity index (χ3n) is 4.77. The summed E-state index contributed by atoms with van der Waals surface area (Å²) in [4.78, 5) is 40.5. The number of hydrogen-bond acceptors (Lipinski definition) is 4. The second kappa shape index (κ2) is 11.7. The molecule has 3 amide bonds. The van der Waals surface area contributed by atoms with Crippen LogP contribution in [0.4, 0.5) is 11.4 Å². The zero-order valence-corrected chi connectivity index (χ0v) is 17.6. The first kappa shape index (κ1) is 23.1. The highest BCUT2D eigenvalue weighted by molar-refractivity contribution is 5.97. The molecule has 2 aromatic rings. The van der Waals surface area contributed by atoms with Crippen molar-refractivity contribution in [3.63, 3.8) is 0 Å². The van der Waals surface area contributed by atoms with Gasteiger partial charge in [0.1, 0.15) is 0 Å². The van der Waals surface area contributed by atoms with E-state index in [0.717, 1.165) is 6.42 Å². The molecule has 0 heterocycles. The second-order valence-electron chi connectivity index (χ2n) is 7.10. The van der Waals surface area contributed by atoms with Gasteiger partial charge in [0, 0.05) is 24.3 Å². The van der Waals surface area contributed by atoms with E-state index in [-0.39, 0.29) is 31.3 Å². The first-order valence-electron chi connectivity index (χ1n) is 10.2. The van der Waals surface area contributed by atoms with Gasteiger partial charge in [-0.2, -0.15) is 0 Å². The van der Waals surface area contributed by atoms with Crippen molar-refractivity contribution in [2.75, 3.05) is 29.9 Å². The topological polar surface area (TPSA) is 95.7 Å². The zero-order valence-electron chi connectivity index (χ0n) is 17.6. The number of nitrogens with zero attached hydrogens (tertiary/aromatic N) is 2. The Labute approximate surface area is 177 Å². The molecule has 0 saturated heterocycles. The van der Waals surface area contributed by atoms with E-state index >= 15 is 0 Å². The fourth-order valence-corrected chi connectivity index (χ4v) is 3.12. The van der Waals surface area contributed by atoms with Gasteiger partial charge in [0.15, 0.2) is 0 Å². The molecule has 2 aromatic carbocycles. The Morgan fingerprint density at radius 1 is 0.967 bits per heavy atom. The lowest BCUT2D eigenvalue weighted by Crippen LogP contribution is -2.48. The Hall–Kier alpha value is -3.19. The summed E-state index contributed by atoms with van der Waals surface area (Å²) < 4.78 is 0. The lowest BCUT2D eigenvalue weighted by atomic mass is 10.2. The summed E-state index contributed by atoms with van der Waals surface area (Å²) in [7, 11) is 0. The number of para-hydroxylation sites is 2. The Morgan fingerprint density at radius 3 is 2.13 bits per heavy atom. The molecule has 160 valence electrons. The number of carbonyl (C=O) groups is 3. The summed E-state index contributed by atoms with van der Waals surface area (Å²) in [5.74, 6) is -0.828. The molecule has 0 aliphatic rings. The van der Waals surface area contributed by atoms with Crippen LogP contribution >= 0.6 is 0 Å². The molecule has 7 nitrogen and oxygen atoms in total. The molecular weight excluding hydrogens is 380 g/mol. The van der Waals surface area contributed by atoms with Gasteiger partial charge in [-0.1, -0.05) is 43.3 Å². The fourth-order valence-electron chi connectivity index (χ4n) is 3.12. The van der Waals surface area contributed by atoms with E-state index in [9.17, 15) is 14.4 Å². The third kappa shape index (κ3) is 7.00. The number of rotatable bonds is 11. The number of nitrogens with one attached hydrogen (secondary N) is 1. The number of hydrogen-bond donors (Lipinski definition) is 2. The summed E-state index contributed by atoms with van der Waals surface area (Å²) in [5.41, 5.74) is 6.70. The minimum Gasteiger partial charge on any atom is -0.370 e. The summed E-state index contributed by atoms with van der Waals surface area (Å²) in [6, 6.07) is 17.9. The summed E-state index contributed by atoms with van der Waals surface area (Å²) >= 11 is 0. The van der Waals surface area contributed by atoms with Gasteiger partial charge >= 0.3 is 0 Å². The van der Waals surface area contributed by atoms with E-state index in [4.69, 9.17) is 5.73 Å². The highest BCUT2D eigenvalue weighted by Crippen LogP contribution is 2.16. The van der Waals surface area contributed by atoms with Gasteiger partial charge in [-0.3, -0.25) is 19.3 Å². The maximum absolute atomic E-state index is 13.1. The standard InChI is InChI=1S/C23H30N4O3/c1-3-15-26(18(2)23(30)25-19-10-6-4-7-11-19)17-22(29)27(16-14-21(24)28)20-12-8-5-9-13-20/h4-13,18H,3,14-17H2,1-2H3,(H2,24,28)(H,25,30). The number of nitrogens with two attached hydrogens (primary N) is 1. The van der Waals surface area contributed by atoms with Crippen molar-refractivity contribution < 1.29 is 14.4 Å². The second-order valence-corrected chi connectivity index (χ2v) is 7.10. The van der Waals surface area contributed by atoms with Crippen molar-refractivity contribution in [2.24, 2.45) is 5.73 Å². The number of anilines is 2. The molecule has 0 fully saturated rings. The average Bonchev–Trinajstić information content (AvgIpc) is 2.74. The van der Waals surface area contributed by atoms with Crippen LogP contribution in [0.3, 0.4) is 0 Å². The van der Waals surface area contributed by atoms with Crippen LogP contribution in [0.2, 0.25) is 0 Å². The molecule has 2 rings (SSSR count). The summed E-state index contributed by atoms with van der Waals surface area (Å²) in [5, 5.41) is 2.89. The Bertz CT molecular complexity index is 827. The maximum atomic E-state index is 13.1. The minimum absolute atomic E-state index is 0.0604. The molecule has 0 saturated carbocycles. The molecule has 0 spiro atoms. The van der Waals surface area contributed by atoms with Crippen molar-refractivity contribution >= 4 is 29.1 Å². The molecule has 30 heavy (non-hydrogen) atoms. The van der Waals surface area contributed by atoms with Crippen LogP contribution in [0.1, 0.15) is 26.7 Å². The predicted molar refractivity (Wildman–Crippen MR) is 119 cm³/mol. The van der Waals surface area contributed by atoms with Gasteiger partial charge in [-0.15, -0.1) is 0 Å². The molecule has 0 radical (unpaired) electrons. The SMILES string of the molecule is CCCN(CC(=O)N(CCC(N)=O)c1ccccc1)C(C)C(=O)Nc1ccccc1. The minimum atomic E-state index is -0.497. The Morgan fingerprint density at radius 2 is 1.57 bits per heavy atom. The maximum Gasteiger partial charge on any atom is 0.241 e. The Balaban J connectivity index is 2.12. The number of primary amides is 1. The monoisotopic (exact) mass is 410 g/mol. The van der Waals surface area contributed by atoms with Gasteiger partial charge < -0.3 is 16.0 Å². The molecule has 0 aliphatic heterocycles. The predicted octanol–water partition coefficient (Wildman–Crippen LogP) is 2.63. The zero-order chi connectivity index (χ0) is 21.9. The Kier molecular flexibility index (Phi) is 9.03. The number of amides is 3. The number of benzene rings is 2. The van der Waals surface area contributed by atoms with E-state index in [1.54, 1.807) is 11.8 Å². The van der Waals surface area contributed by atoms with E-state index in [2.05, 4.69) is 5.32 Å². The van der Waals surface area contributed by atoms with Crippen LogP contribution < -0.4 is 16.0 Å². The van der Waals surface area contributed by atoms with Crippen molar-refractivity contribution in [3.05, 3.63) is 60.7 Å². The largest absolute Gasteiger partial charge is 0.370 e. The van der Waals surface area contributed by atoms with Gasteiger partial charge in [-0.25, -0.2) is 0 Å². The molecule has 1 unspecified atom stereocenters. The van der Waals surface area contributed by atoms with Crippen LogP contribution in [0, 0.1) is 0 Å². The van der Waals surface area contributed by atoms with Crippen LogP contribution in [-0.4, -0.2) is 48.3 Å². The van der Waals surface area contributed by atoms with Gasteiger partial charge in [0.25, 0.3) is 0 Å². The number of carbonyl (C=O) groups excluding carboxylic acids is 3. The normalized spacial score (nSPS) is 11.7.